The molecule has 1 aliphatic heterocycles. The van der Waals surface area contributed by atoms with E-state index in [2.05, 4.69) is 49.5 Å². The maximum Gasteiger partial charge on any atom is 0.208 e. The second-order valence-corrected chi connectivity index (χ2v) is 8.18. The SMILES string of the molecule is CN=C(NCCNS(C)(=O)=O)NC1CCN(Cc2ccccc2)CC1. The molecule has 2 rings (SSSR count). The minimum Gasteiger partial charge on any atom is -0.355 e. The topological polar surface area (TPSA) is 85.8 Å². The van der Waals surface area contributed by atoms with Gasteiger partial charge in [-0.1, -0.05) is 30.3 Å². The molecule has 1 aromatic carbocycles. The van der Waals surface area contributed by atoms with Gasteiger partial charge in [0.25, 0.3) is 0 Å². The smallest absolute Gasteiger partial charge is 0.208 e. The van der Waals surface area contributed by atoms with Crippen LogP contribution in [0, 0.1) is 0 Å². The van der Waals surface area contributed by atoms with Gasteiger partial charge >= 0.3 is 0 Å². The van der Waals surface area contributed by atoms with Gasteiger partial charge in [-0.3, -0.25) is 9.89 Å². The first-order valence-corrected chi connectivity index (χ1v) is 10.5. The highest BCUT2D eigenvalue weighted by Crippen LogP contribution is 2.13. The lowest BCUT2D eigenvalue weighted by Crippen LogP contribution is -2.49. The van der Waals surface area contributed by atoms with Gasteiger partial charge < -0.3 is 10.6 Å². The molecule has 0 saturated carbocycles. The van der Waals surface area contributed by atoms with Gasteiger partial charge in [-0.15, -0.1) is 0 Å². The number of likely N-dealkylation sites (tertiary alicyclic amines) is 1. The molecule has 1 aliphatic rings. The Balaban J connectivity index is 1.67. The second kappa shape index (κ2) is 9.74. The van der Waals surface area contributed by atoms with Crippen molar-refractivity contribution < 1.29 is 8.42 Å². The van der Waals surface area contributed by atoms with Crippen LogP contribution in [0.5, 0.6) is 0 Å². The second-order valence-electron chi connectivity index (χ2n) is 6.35. The first-order chi connectivity index (χ1) is 12.0. The zero-order valence-electron chi connectivity index (χ0n) is 15.0. The number of piperidine rings is 1. The molecule has 0 atom stereocenters. The fraction of sp³-hybridized carbons (Fsp3) is 0.588. The zero-order valence-corrected chi connectivity index (χ0v) is 15.8. The molecule has 3 N–H and O–H groups in total. The van der Waals surface area contributed by atoms with Gasteiger partial charge in [-0.2, -0.15) is 0 Å². The minimum absolute atomic E-state index is 0.342. The van der Waals surface area contributed by atoms with Gasteiger partial charge in [0.1, 0.15) is 0 Å². The molecule has 0 radical (unpaired) electrons. The lowest BCUT2D eigenvalue weighted by Gasteiger charge is -2.33. The number of hydrogen-bond acceptors (Lipinski definition) is 4. The van der Waals surface area contributed by atoms with Crippen molar-refractivity contribution >= 4 is 16.0 Å². The summed E-state index contributed by atoms with van der Waals surface area (Å²) in [5.41, 5.74) is 1.35. The Labute approximate surface area is 151 Å². The van der Waals surface area contributed by atoms with Crippen molar-refractivity contribution in [2.45, 2.75) is 25.4 Å². The highest BCUT2D eigenvalue weighted by atomic mass is 32.2. The Morgan fingerprint density at radius 2 is 1.88 bits per heavy atom. The van der Waals surface area contributed by atoms with Crippen molar-refractivity contribution in [3.05, 3.63) is 35.9 Å². The fourth-order valence-corrected chi connectivity index (χ4v) is 3.36. The van der Waals surface area contributed by atoms with E-state index in [0.717, 1.165) is 44.7 Å². The van der Waals surface area contributed by atoms with Crippen LogP contribution in [0.25, 0.3) is 0 Å². The summed E-state index contributed by atoms with van der Waals surface area (Å²) < 4.78 is 24.5. The highest BCUT2D eigenvalue weighted by molar-refractivity contribution is 7.88. The summed E-state index contributed by atoms with van der Waals surface area (Å²) in [7, 11) is -1.42. The van der Waals surface area contributed by atoms with E-state index in [1.165, 1.54) is 5.56 Å². The number of rotatable bonds is 7. The van der Waals surface area contributed by atoms with Crippen LogP contribution in [0.1, 0.15) is 18.4 Å². The molecule has 1 aromatic rings. The van der Waals surface area contributed by atoms with E-state index in [4.69, 9.17) is 0 Å². The molecule has 0 aromatic heterocycles. The number of benzene rings is 1. The Kier molecular flexibility index (Phi) is 7.67. The van der Waals surface area contributed by atoms with Crippen LogP contribution < -0.4 is 15.4 Å². The molecule has 0 amide bonds. The van der Waals surface area contributed by atoms with Gasteiger partial charge in [-0.05, 0) is 18.4 Å². The normalized spacial score (nSPS) is 17.4. The summed E-state index contributed by atoms with van der Waals surface area (Å²) >= 11 is 0. The lowest BCUT2D eigenvalue weighted by molar-refractivity contribution is 0.198. The van der Waals surface area contributed by atoms with E-state index in [9.17, 15) is 8.42 Å². The monoisotopic (exact) mass is 367 g/mol. The largest absolute Gasteiger partial charge is 0.355 e. The fourth-order valence-electron chi connectivity index (χ4n) is 2.88. The van der Waals surface area contributed by atoms with Crippen molar-refractivity contribution in [1.82, 2.24) is 20.3 Å². The van der Waals surface area contributed by atoms with E-state index in [0.29, 0.717) is 19.1 Å². The maximum atomic E-state index is 11.0. The average Bonchev–Trinajstić information content (AvgIpc) is 2.59. The van der Waals surface area contributed by atoms with Crippen molar-refractivity contribution in [3.63, 3.8) is 0 Å². The third-order valence-electron chi connectivity index (χ3n) is 4.18. The van der Waals surface area contributed by atoms with E-state index in [1.54, 1.807) is 7.05 Å². The summed E-state index contributed by atoms with van der Waals surface area (Å²) in [5.74, 6) is 0.719. The first-order valence-electron chi connectivity index (χ1n) is 8.64. The van der Waals surface area contributed by atoms with E-state index < -0.39 is 10.0 Å². The number of nitrogens with one attached hydrogen (secondary N) is 3. The van der Waals surface area contributed by atoms with Crippen LogP contribution in [0.4, 0.5) is 0 Å². The minimum atomic E-state index is -3.14. The zero-order chi connectivity index (χ0) is 18.1. The number of hydrogen-bond donors (Lipinski definition) is 3. The van der Waals surface area contributed by atoms with Crippen molar-refractivity contribution in [2.24, 2.45) is 4.99 Å². The third-order valence-corrected chi connectivity index (χ3v) is 4.91. The molecule has 25 heavy (non-hydrogen) atoms. The Hall–Kier alpha value is -1.64. The number of nitrogens with zero attached hydrogens (tertiary/aromatic N) is 2. The van der Waals surface area contributed by atoms with Gasteiger partial charge in [0.2, 0.25) is 10.0 Å². The van der Waals surface area contributed by atoms with Crippen molar-refractivity contribution in [2.75, 3.05) is 39.5 Å². The summed E-state index contributed by atoms with van der Waals surface area (Å²) in [6.07, 6.45) is 3.29. The van der Waals surface area contributed by atoms with Crippen LogP contribution in [0.2, 0.25) is 0 Å². The molecule has 1 saturated heterocycles. The Morgan fingerprint density at radius 3 is 2.48 bits per heavy atom. The summed E-state index contributed by atoms with van der Waals surface area (Å²) in [6.45, 7) is 3.95. The Bertz CT molecular complexity index is 640. The molecule has 1 heterocycles. The molecular formula is C17H29N5O2S. The van der Waals surface area contributed by atoms with Gasteiger partial charge in [0.15, 0.2) is 5.96 Å². The highest BCUT2D eigenvalue weighted by Gasteiger charge is 2.19. The molecule has 140 valence electrons. The number of guanidine groups is 1. The third kappa shape index (κ3) is 7.85. The molecule has 7 nitrogen and oxygen atoms in total. The molecular weight excluding hydrogens is 338 g/mol. The molecule has 0 aliphatic carbocycles. The van der Waals surface area contributed by atoms with Crippen LogP contribution >= 0.6 is 0 Å². The van der Waals surface area contributed by atoms with Gasteiger partial charge in [0.05, 0.1) is 6.26 Å². The van der Waals surface area contributed by atoms with E-state index >= 15 is 0 Å². The number of aliphatic imine (C=N–C) groups is 1. The lowest BCUT2D eigenvalue weighted by atomic mass is 10.0. The summed E-state index contributed by atoms with van der Waals surface area (Å²) in [6, 6.07) is 10.9. The Morgan fingerprint density at radius 1 is 1.20 bits per heavy atom. The quantitative estimate of drug-likeness (QED) is 0.368. The predicted octanol–water partition coefficient (Wildman–Crippen LogP) is 0.365. The summed E-state index contributed by atoms with van der Waals surface area (Å²) in [5, 5.41) is 6.56. The summed E-state index contributed by atoms with van der Waals surface area (Å²) in [4.78, 5) is 6.68. The van der Waals surface area contributed by atoms with Crippen molar-refractivity contribution in [3.8, 4) is 0 Å². The van der Waals surface area contributed by atoms with E-state index in [-0.39, 0.29) is 0 Å². The van der Waals surface area contributed by atoms with Crippen molar-refractivity contribution in [1.29, 1.82) is 0 Å². The molecule has 0 spiro atoms. The van der Waals surface area contributed by atoms with Crippen LogP contribution in [-0.4, -0.2) is 64.8 Å². The maximum absolute atomic E-state index is 11.0. The predicted molar refractivity (Wildman–Crippen MR) is 102 cm³/mol. The van der Waals surface area contributed by atoms with Crippen LogP contribution in [-0.2, 0) is 16.6 Å². The van der Waals surface area contributed by atoms with Gasteiger partial charge in [0, 0.05) is 45.8 Å². The van der Waals surface area contributed by atoms with E-state index in [1.807, 2.05) is 6.07 Å². The van der Waals surface area contributed by atoms with Crippen LogP contribution in [0.15, 0.2) is 35.3 Å². The standard InChI is InChI=1S/C17H29N5O2S/c1-18-17(19-10-11-20-25(2,23)24)21-16-8-12-22(13-9-16)14-15-6-4-3-5-7-15/h3-7,16,20H,8-14H2,1-2H3,(H2,18,19,21). The molecule has 8 heteroatoms. The first kappa shape index (κ1) is 19.7. The molecule has 1 fully saturated rings. The van der Waals surface area contributed by atoms with Gasteiger partial charge in [-0.25, -0.2) is 13.1 Å². The molecule has 0 unspecified atom stereocenters. The molecule has 0 bridgehead atoms. The van der Waals surface area contributed by atoms with Crippen LogP contribution in [0.3, 0.4) is 0 Å². The average molecular weight is 368 g/mol. The number of sulfonamides is 1.